The van der Waals surface area contributed by atoms with Crippen LogP contribution in [-0.2, 0) is 11.3 Å². The maximum atomic E-state index is 12.1. The first kappa shape index (κ1) is 15.5. The average molecular weight is 301 g/mol. The molecule has 0 unspecified atom stereocenters. The van der Waals surface area contributed by atoms with E-state index in [1.54, 1.807) is 12.1 Å². The second kappa shape index (κ2) is 6.71. The molecule has 6 heteroatoms. The van der Waals surface area contributed by atoms with Crippen LogP contribution in [0.15, 0.2) is 42.5 Å². The molecule has 0 fully saturated rings. The van der Waals surface area contributed by atoms with Crippen molar-refractivity contribution in [3.05, 3.63) is 69.3 Å². The van der Waals surface area contributed by atoms with Crippen molar-refractivity contribution in [1.29, 1.82) is 0 Å². The van der Waals surface area contributed by atoms with Gasteiger partial charge in [0.2, 0.25) is 0 Å². The van der Waals surface area contributed by atoms with Gasteiger partial charge >= 0.3 is 5.97 Å². The Morgan fingerprint density at radius 1 is 1.18 bits per heavy atom. The van der Waals surface area contributed by atoms with E-state index < -0.39 is 10.9 Å². The summed E-state index contributed by atoms with van der Waals surface area (Å²) in [6, 6.07) is 11.5. The number of ether oxygens (including phenoxy) is 2. The van der Waals surface area contributed by atoms with Gasteiger partial charge in [0.15, 0.2) is 0 Å². The van der Waals surface area contributed by atoms with Gasteiger partial charge in [0, 0.05) is 17.2 Å². The van der Waals surface area contributed by atoms with Gasteiger partial charge in [0.25, 0.3) is 5.69 Å². The Morgan fingerprint density at radius 2 is 1.91 bits per heavy atom. The Morgan fingerprint density at radius 3 is 2.59 bits per heavy atom. The first-order valence-corrected chi connectivity index (χ1v) is 6.57. The molecule has 0 amide bonds. The quantitative estimate of drug-likeness (QED) is 0.481. The maximum absolute atomic E-state index is 12.1. The Labute approximate surface area is 127 Å². The fourth-order valence-corrected chi connectivity index (χ4v) is 2.09. The molecular weight excluding hydrogens is 286 g/mol. The number of carbonyl (C=O) groups excluding carboxylic acids is 1. The van der Waals surface area contributed by atoms with E-state index in [4.69, 9.17) is 9.47 Å². The van der Waals surface area contributed by atoms with E-state index >= 15 is 0 Å². The van der Waals surface area contributed by atoms with Crippen molar-refractivity contribution < 1.29 is 19.2 Å². The molecule has 0 aliphatic heterocycles. The van der Waals surface area contributed by atoms with Gasteiger partial charge in [0.1, 0.15) is 12.4 Å². The van der Waals surface area contributed by atoms with E-state index in [0.29, 0.717) is 5.75 Å². The molecule has 0 bridgehead atoms. The van der Waals surface area contributed by atoms with Gasteiger partial charge in [0.05, 0.1) is 17.6 Å². The number of hydrogen-bond donors (Lipinski definition) is 0. The molecule has 0 atom stereocenters. The van der Waals surface area contributed by atoms with Crippen LogP contribution in [-0.4, -0.2) is 18.0 Å². The summed E-state index contributed by atoms with van der Waals surface area (Å²) in [7, 11) is 1.53. The number of esters is 1. The fraction of sp³-hybridized carbons (Fsp3) is 0.188. The molecule has 6 nitrogen and oxygen atoms in total. The molecule has 0 saturated heterocycles. The van der Waals surface area contributed by atoms with Gasteiger partial charge < -0.3 is 9.47 Å². The minimum atomic E-state index is -0.605. The summed E-state index contributed by atoms with van der Waals surface area (Å²) in [5.41, 5.74) is 1.09. The molecule has 0 aromatic heterocycles. The summed E-state index contributed by atoms with van der Waals surface area (Å²) in [6.45, 7) is 1.56. The van der Waals surface area contributed by atoms with Crippen LogP contribution in [0, 0.1) is 17.0 Å². The Bertz CT molecular complexity index is 711. The first-order chi connectivity index (χ1) is 10.5. The third kappa shape index (κ3) is 3.22. The number of benzene rings is 2. The van der Waals surface area contributed by atoms with Crippen molar-refractivity contribution in [3.63, 3.8) is 0 Å². The molecule has 0 N–H and O–H groups in total. The number of hydrogen-bond acceptors (Lipinski definition) is 5. The molecule has 2 aromatic carbocycles. The van der Waals surface area contributed by atoms with Crippen LogP contribution >= 0.6 is 0 Å². The number of methoxy groups -OCH3 is 1. The summed E-state index contributed by atoms with van der Waals surface area (Å²) in [4.78, 5) is 22.5. The number of nitrogens with zero attached hydrogens (tertiary/aromatic N) is 1. The Hall–Kier alpha value is -2.89. The van der Waals surface area contributed by atoms with Crippen molar-refractivity contribution in [1.82, 2.24) is 0 Å². The smallest absolute Gasteiger partial charge is 0.338 e. The van der Waals surface area contributed by atoms with E-state index in [2.05, 4.69) is 0 Å². The van der Waals surface area contributed by atoms with Gasteiger partial charge in [-0.1, -0.05) is 24.3 Å². The number of carbonyl (C=O) groups is 1. The minimum Gasteiger partial charge on any atom is -0.496 e. The zero-order valence-corrected chi connectivity index (χ0v) is 12.2. The summed E-state index contributed by atoms with van der Waals surface area (Å²) < 4.78 is 10.4. The fourth-order valence-electron chi connectivity index (χ4n) is 2.09. The predicted octanol–water partition coefficient (Wildman–Crippen LogP) is 3.27. The van der Waals surface area contributed by atoms with Crippen molar-refractivity contribution in [3.8, 4) is 5.75 Å². The number of nitro groups is 1. The van der Waals surface area contributed by atoms with Crippen molar-refractivity contribution in [2.24, 2.45) is 0 Å². The van der Waals surface area contributed by atoms with Crippen molar-refractivity contribution >= 4 is 11.7 Å². The zero-order valence-electron chi connectivity index (χ0n) is 12.2. The third-order valence-electron chi connectivity index (χ3n) is 3.27. The lowest BCUT2D eigenvalue weighted by Crippen LogP contribution is -2.09. The maximum Gasteiger partial charge on any atom is 0.338 e. The highest BCUT2D eigenvalue weighted by molar-refractivity contribution is 5.92. The van der Waals surface area contributed by atoms with Gasteiger partial charge in [-0.3, -0.25) is 10.1 Å². The molecule has 0 aliphatic rings. The third-order valence-corrected chi connectivity index (χ3v) is 3.27. The SMILES string of the molecule is COc1ccccc1COC(=O)c1cccc([N+](=O)[O-])c1C. The Balaban J connectivity index is 2.16. The van der Waals surface area contributed by atoms with E-state index in [1.165, 1.54) is 32.2 Å². The van der Waals surface area contributed by atoms with Gasteiger partial charge in [-0.05, 0) is 19.1 Å². The topological polar surface area (TPSA) is 78.7 Å². The lowest BCUT2D eigenvalue weighted by molar-refractivity contribution is -0.385. The number of nitro benzene ring substituents is 1. The predicted molar refractivity (Wildman–Crippen MR) is 79.9 cm³/mol. The summed E-state index contributed by atoms with van der Waals surface area (Å²) in [6.07, 6.45) is 0. The second-order valence-corrected chi connectivity index (χ2v) is 4.59. The van der Waals surface area contributed by atoms with E-state index in [1.807, 2.05) is 12.1 Å². The molecule has 0 saturated carbocycles. The molecule has 0 aliphatic carbocycles. The monoisotopic (exact) mass is 301 g/mol. The first-order valence-electron chi connectivity index (χ1n) is 6.57. The van der Waals surface area contributed by atoms with Crippen molar-refractivity contribution in [2.45, 2.75) is 13.5 Å². The van der Waals surface area contributed by atoms with E-state index in [0.717, 1.165) is 5.56 Å². The molecule has 22 heavy (non-hydrogen) atoms. The molecule has 114 valence electrons. The molecule has 0 radical (unpaired) electrons. The summed E-state index contributed by atoms with van der Waals surface area (Å²) in [5.74, 6) is 0.0122. The highest BCUT2D eigenvalue weighted by Crippen LogP contribution is 2.23. The Kier molecular flexibility index (Phi) is 4.73. The van der Waals surface area contributed by atoms with E-state index in [-0.39, 0.29) is 23.4 Å². The lowest BCUT2D eigenvalue weighted by Gasteiger charge is -2.10. The molecule has 2 aromatic rings. The van der Waals surface area contributed by atoms with Gasteiger partial charge in [-0.15, -0.1) is 0 Å². The van der Waals surface area contributed by atoms with Crippen LogP contribution in [0.2, 0.25) is 0 Å². The highest BCUT2D eigenvalue weighted by Gasteiger charge is 2.19. The van der Waals surface area contributed by atoms with Crippen molar-refractivity contribution in [2.75, 3.05) is 7.11 Å². The van der Waals surface area contributed by atoms with Gasteiger partial charge in [-0.25, -0.2) is 4.79 Å². The zero-order chi connectivity index (χ0) is 16.1. The molecule has 2 rings (SSSR count). The van der Waals surface area contributed by atoms with E-state index in [9.17, 15) is 14.9 Å². The molecule has 0 spiro atoms. The van der Waals surface area contributed by atoms with Crippen LogP contribution in [0.5, 0.6) is 5.75 Å². The normalized spacial score (nSPS) is 10.1. The minimum absolute atomic E-state index is 0.0327. The number of para-hydroxylation sites is 1. The summed E-state index contributed by atoms with van der Waals surface area (Å²) >= 11 is 0. The lowest BCUT2D eigenvalue weighted by atomic mass is 10.1. The van der Waals surface area contributed by atoms with Crippen LogP contribution < -0.4 is 4.74 Å². The molecular formula is C16H15NO5. The number of rotatable bonds is 5. The van der Waals surface area contributed by atoms with Gasteiger partial charge in [-0.2, -0.15) is 0 Å². The largest absolute Gasteiger partial charge is 0.496 e. The van der Waals surface area contributed by atoms with Crippen LogP contribution in [0.25, 0.3) is 0 Å². The van der Waals surface area contributed by atoms with Crippen LogP contribution in [0.4, 0.5) is 5.69 Å². The second-order valence-electron chi connectivity index (χ2n) is 4.59. The highest BCUT2D eigenvalue weighted by atomic mass is 16.6. The van der Waals surface area contributed by atoms with Crippen LogP contribution in [0.3, 0.4) is 0 Å². The standard InChI is InChI=1S/C16H15NO5/c1-11-13(7-5-8-14(11)17(19)20)16(18)22-10-12-6-3-4-9-15(12)21-2/h3-9H,10H2,1-2H3. The summed E-state index contributed by atoms with van der Waals surface area (Å²) in [5, 5.41) is 10.9. The molecule has 0 heterocycles. The average Bonchev–Trinajstić information content (AvgIpc) is 2.52. The van der Waals surface area contributed by atoms with Crippen LogP contribution in [0.1, 0.15) is 21.5 Å².